The van der Waals surface area contributed by atoms with Crippen molar-refractivity contribution in [2.45, 2.75) is 19.9 Å². The van der Waals surface area contributed by atoms with E-state index in [1.54, 1.807) is 12.1 Å². The number of nitrogens with zero attached hydrogens (tertiary/aromatic N) is 1. The Morgan fingerprint density at radius 1 is 1.59 bits per heavy atom. The molecular formula is C12H14BrFN2O. The Labute approximate surface area is 109 Å². The van der Waals surface area contributed by atoms with Crippen LogP contribution in [0.2, 0.25) is 0 Å². The van der Waals surface area contributed by atoms with E-state index in [0.717, 1.165) is 0 Å². The Hall–Kier alpha value is -1.12. The van der Waals surface area contributed by atoms with E-state index in [-0.39, 0.29) is 16.1 Å². The van der Waals surface area contributed by atoms with Gasteiger partial charge in [0, 0.05) is 12.6 Å². The molecule has 0 heterocycles. The van der Waals surface area contributed by atoms with Crippen molar-refractivity contribution in [3.05, 3.63) is 28.0 Å². The van der Waals surface area contributed by atoms with Gasteiger partial charge in [-0.1, -0.05) is 0 Å². The fourth-order valence-corrected chi connectivity index (χ4v) is 1.78. The molecule has 0 bridgehead atoms. The van der Waals surface area contributed by atoms with E-state index in [0.29, 0.717) is 18.9 Å². The first kappa shape index (κ1) is 13.9. The van der Waals surface area contributed by atoms with Gasteiger partial charge in [-0.25, -0.2) is 4.39 Å². The lowest BCUT2D eigenvalue weighted by atomic mass is 10.2. The molecule has 0 radical (unpaired) electrons. The smallest absolute Gasteiger partial charge is 0.161 e. The molecule has 1 rings (SSSR count). The summed E-state index contributed by atoms with van der Waals surface area (Å²) < 4.78 is 19.3. The molecular weight excluding hydrogens is 287 g/mol. The maximum Gasteiger partial charge on any atom is 0.161 e. The maximum absolute atomic E-state index is 13.8. The number of rotatable bonds is 5. The van der Waals surface area contributed by atoms with Crippen LogP contribution in [0, 0.1) is 17.1 Å². The van der Waals surface area contributed by atoms with Gasteiger partial charge in [-0.15, -0.1) is 0 Å². The minimum absolute atomic E-state index is 0.00397. The zero-order chi connectivity index (χ0) is 12.8. The van der Waals surface area contributed by atoms with Gasteiger partial charge in [0.15, 0.2) is 5.82 Å². The predicted octanol–water partition coefficient (Wildman–Crippen LogP) is 3.30. The summed E-state index contributed by atoms with van der Waals surface area (Å²) in [6.45, 7) is 4.95. The van der Waals surface area contributed by atoms with Crippen molar-refractivity contribution >= 4 is 21.6 Å². The molecule has 0 spiro atoms. The molecule has 3 nitrogen and oxygen atoms in total. The van der Waals surface area contributed by atoms with Gasteiger partial charge in [-0.05, 0) is 41.9 Å². The second-order valence-electron chi connectivity index (χ2n) is 3.61. The number of ether oxygens (including phenoxy) is 1. The molecule has 17 heavy (non-hydrogen) atoms. The number of nitriles is 1. The third-order valence-electron chi connectivity index (χ3n) is 2.18. The molecule has 0 aliphatic rings. The normalized spacial score (nSPS) is 11.9. The van der Waals surface area contributed by atoms with Crippen molar-refractivity contribution in [3.63, 3.8) is 0 Å². The van der Waals surface area contributed by atoms with Crippen LogP contribution in [0.3, 0.4) is 0 Å². The molecule has 1 N–H and O–H groups in total. The molecule has 0 saturated heterocycles. The number of hydrogen-bond donors (Lipinski definition) is 1. The number of halogens is 2. The number of anilines is 1. The van der Waals surface area contributed by atoms with E-state index in [1.807, 2.05) is 19.9 Å². The van der Waals surface area contributed by atoms with Crippen molar-refractivity contribution < 1.29 is 9.13 Å². The van der Waals surface area contributed by atoms with Crippen molar-refractivity contribution in [1.29, 1.82) is 5.26 Å². The lowest BCUT2D eigenvalue weighted by Crippen LogP contribution is -2.22. The average molecular weight is 301 g/mol. The van der Waals surface area contributed by atoms with Crippen molar-refractivity contribution in [3.8, 4) is 6.07 Å². The van der Waals surface area contributed by atoms with Crippen LogP contribution in [-0.2, 0) is 4.74 Å². The molecule has 0 aromatic heterocycles. The van der Waals surface area contributed by atoms with Crippen molar-refractivity contribution in [2.24, 2.45) is 0 Å². The molecule has 0 fully saturated rings. The lowest BCUT2D eigenvalue weighted by molar-refractivity contribution is 0.141. The minimum atomic E-state index is -0.451. The summed E-state index contributed by atoms with van der Waals surface area (Å²) in [5, 5.41) is 11.7. The van der Waals surface area contributed by atoms with E-state index >= 15 is 0 Å². The Kier molecular flexibility index (Phi) is 5.39. The van der Waals surface area contributed by atoms with Crippen LogP contribution in [0.4, 0.5) is 10.1 Å². The molecule has 0 aliphatic heterocycles. The SMILES string of the molecule is CCOCC(C)Nc1ccc(C#N)c(Br)c1F. The summed E-state index contributed by atoms with van der Waals surface area (Å²) in [6, 6.07) is 5.04. The van der Waals surface area contributed by atoms with E-state index in [4.69, 9.17) is 10.00 Å². The first-order valence-electron chi connectivity index (χ1n) is 5.32. The second-order valence-corrected chi connectivity index (χ2v) is 4.40. The Morgan fingerprint density at radius 3 is 2.88 bits per heavy atom. The van der Waals surface area contributed by atoms with Crippen LogP contribution >= 0.6 is 15.9 Å². The summed E-state index contributed by atoms with van der Waals surface area (Å²) in [5.74, 6) is -0.451. The Balaban J connectivity index is 2.79. The monoisotopic (exact) mass is 300 g/mol. The topological polar surface area (TPSA) is 45.0 Å². The first-order chi connectivity index (χ1) is 8.10. The van der Waals surface area contributed by atoms with Crippen molar-refractivity contribution in [2.75, 3.05) is 18.5 Å². The number of hydrogen-bond acceptors (Lipinski definition) is 3. The maximum atomic E-state index is 13.8. The van der Waals surface area contributed by atoms with E-state index in [1.165, 1.54) is 0 Å². The zero-order valence-electron chi connectivity index (χ0n) is 9.76. The van der Waals surface area contributed by atoms with E-state index < -0.39 is 5.82 Å². The molecule has 0 aliphatic carbocycles. The van der Waals surface area contributed by atoms with Gasteiger partial charge in [0.2, 0.25) is 0 Å². The average Bonchev–Trinajstić information content (AvgIpc) is 2.33. The third-order valence-corrected chi connectivity index (χ3v) is 2.95. The highest BCUT2D eigenvalue weighted by Gasteiger charge is 2.12. The molecule has 1 aromatic rings. The van der Waals surface area contributed by atoms with Gasteiger partial charge < -0.3 is 10.1 Å². The highest BCUT2D eigenvalue weighted by Crippen LogP contribution is 2.26. The minimum Gasteiger partial charge on any atom is -0.380 e. The standard InChI is InChI=1S/C12H14BrFN2O/c1-3-17-7-8(2)16-10-5-4-9(6-15)11(13)12(10)14/h4-5,8,16H,3,7H2,1-2H3. The summed E-state index contributed by atoms with van der Waals surface area (Å²) in [6.07, 6.45) is 0. The van der Waals surface area contributed by atoms with Crippen LogP contribution in [0.15, 0.2) is 16.6 Å². The number of nitrogens with one attached hydrogen (secondary N) is 1. The second kappa shape index (κ2) is 6.58. The molecule has 5 heteroatoms. The lowest BCUT2D eigenvalue weighted by Gasteiger charge is -2.16. The van der Waals surface area contributed by atoms with E-state index in [9.17, 15) is 4.39 Å². The number of benzene rings is 1. The van der Waals surface area contributed by atoms with Gasteiger partial charge in [-0.2, -0.15) is 5.26 Å². The highest BCUT2D eigenvalue weighted by atomic mass is 79.9. The molecule has 0 amide bonds. The summed E-state index contributed by atoms with van der Waals surface area (Å²) in [7, 11) is 0. The van der Waals surface area contributed by atoms with Crippen LogP contribution in [0.25, 0.3) is 0 Å². The summed E-state index contributed by atoms with van der Waals surface area (Å²) in [5.41, 5.74) is 0.647. The molecule has 92 valence electrons. The quantitative estimate of drug-likeness (QED) is 0.907. The van der Waals surface area contributed by atoms with Gasteiger partial charge in [0.25, 0.3) is 0 Å². The highest BCUT2D eigenvalue weighted by molar-refractivity contribution is 9.10. The van der Waals surface area contributed by atoms with E-state index in [2.05, 4.69) is 21.2 Å². The van der Waals surface area contributed by atoms with Gasteiger partial charge in [0.05, 0.1) is 22.3 Å². The molecule has 1 atom stereocenters. The summed E-state index contributed by atoms with van der Waals surface area (Å²) in [4.78, 5) is 0. The van der Waals surface area contributed by atoms with Gasteiger partial charge in [-0.3, -0.25) is 0 Å². The fourth-order valence-electron chi connectivity index (χ4n) is 1.35. The third kappa shape index (κ3) is 3.69. The molecule has 1 unspecified atom stereocenters. The van der Waals surface area contributed by atoms with Crippen LogP contribution < -0.4 is 5.32 Å². The molecule has 1 aromatic carbocycles. The predicted molar refractivity (Wildman–Crippen MR) is 68.4 cm³/mol. The van der Waals surface area contributed by atoms with Gasteiger partial charge in [0.1, 0.15) is 6.07 Å². The van der Waals surface area contributed by atoms with Crippen LogP contribution in [-0.4, -0.2) is 19.3 Å². The Bertz CT molecular complexity index is 431. The van der Waals surface area contributed by atoms with Crippen LogP contribution in [0.5, 0.6) is 0 Å². The zero-order valence-corrected chi connectivity index (χ0v) is 11.3. The van der Waals surface area contributed by atoms with Crippen molar-refractivity contribution in [1.82, 2.24) is 0 Å². The van der Waals surface area contributed by atoms with Gasteiger partial charge >= 0.3 is 0 Å². The Morgan fingerprint density at radius 2 is 2.29 bits per heavy atom. The van der Waals surface area contributed by atoms with Crippen LogP contribution in [0.1, 0.15) is 19.4 Å². The summed E-state index contributed by atoms with van der Waals surface area (Å²) >= 11 is 3.07. The fraction of sp³-hybridized carbons (Fsp3) is 0.417. The first-order valence-corrected chi connectivity index (χ1v) is 6.11. The molecule has 0 saturated carbocycles. The largest absolute Gasteiger partial charge is 0.380 e.